The number of amides is 1. The fraction of sp³-hybridized carbons (Fsp3) is 0.188. The van der Waals surface area contributed by atoms with E-state index in [1.165, 1.54) is 13.0 Å². The minimum Gasteiger partial charge on any atom is -0.508 e. The predicted molar refractivity (Wildman–Crippen MR) is 83.7 cm³/mol. The Hall–Kier alpha value is -2.73. The van der Waals surface area contributed by atoms with Crippen molar-refractivity contribution in [1.29, 1.82) is 0 Å². The fourth-order valence-electron chi connectivity index (χ4n) is 1.90. The molecule has 0 heterocycles. The van der Waals surface area contributed by atoms with Gasteiger partial charge >= 0.3 is 0 Å². The predicted octanol–water partition coefficient (Wildman–Crippen LogP) is 3.57. The lowest BCUT2D eigenvalue weighted by Crippen LogP contribution is -2.05. The number of benzene rings is 2. The number of nitrogens with one attached hydrogen (secondary N) is 1. The topological polar surface area (TPSA) is 94.3 Å². The van der Waals surface area contributed by atoms with Gasteiger partial charge in [0.1, 0.15) is 11.4 Å². The Bertz CT molecular complexity index is 727. The van der Waals surface area contributed by atoms with E-state index in [-0.39, 0.29) is 18.3 Å². The lowest BCUT2D eigenvalue weighted by molar-refractivity contribution is -0.114. The summed E-state index contributed by atoms with van der Waals surface area (Å²) in [5.41, 5.74) is 2.63. The molecule has 0 aliphatic carbocycles. The Kier molecular flexibility index (Phi) is 4.85. The van der Waals surface area contributed by atoms with Gasteiger partial charge in [0, 0.05) is 18.6 Å². The van der Waals surface area contributed by atoms with Crippen LogP contribution in [0.15, 0.2) is 46.6 Å². The molecule has 0 aliphatic heterocycles. The van der Waals surface area contributed by atoms with Gasteiger partial charge < -0.3 is 15.5 Å². The number of carbonyl (C=O) groups excluding carboxylic acids is 1. The fourth-order valence-corrected chi connectivity index (χ4v) is 1.90. The zero-order valence-corrected chi connectivity index (χ0v) is 12.4. The van der Waals surface area contributed by atoms with E-state index in [1.54, 1.807) is 37.3 Å². The third-order valence-electron chi connectivity index (χ3n) is 3.05. The summed E-state index contributed by atoms with van der Waals surface area (Å²) in [7, 11) is 0. The first-order valence-electron chi connectivity index (χ1n) is 6.73. The molecule has 0 aromatic heterocycles. The molecule has 22 heavy (non-hydrogen) atoms. The smallest absolute Gasteiger partial charge is 0.221 e. The van der Waals surface area contributed by atoms with Crippen molar-refractivity contribution < 1.29 is 15.0 Å². The zero-order chi connectivity index (χ0) is 16.1. The van der Waals surface area contributed by atoms with Crippen LogP contribution in [0.2, 0.25) is 0 Å². The van der Waals surface area contributed by atoms with Crippen LogP contribution in [0, 0.1) is 6.92 Å². The minimum atomic E-state index is -0.268. The standard InChI is InChI=1S/C16H17N3O3/c1-10-7-15(14(8-16(10)22)17-11(2)21)19-18-13-6-4-3-5-12(13)9-20/h3-8,20,22H,9H2,1-2H3,(H,17,21). The molecule has 1 amide bonds. The van der Waals surface area contributed by atoms with E-state index in [0.717, 1.165) is 0 Å². The van der Waals surface area contributed by atoms with E-state index in [1.807, 2.05) is 0 Å². The third-order valence-corrected chi connectivity index (χ3v) is 3.05. The van der Waals surface area contributed by atoms with Crippen molar-refractivity contribution in [2.75, 3.05) is 5.32 Å². The Morgan fingerprint density at radius 2 is 1.86 bits per heavy atom. The molecule has 0 bridgehead atoms. The highest BCUT2D eigenvalue weighted by molar-refractivity contribution is 5.92. The second kappa shape index (κ2) is 6.82. The number of anilines is 1. The average molecular weight is 299 g/mol. The largest absolute Gasteiger partial charge is 0.508 e. The minimum absolute atomic E-state index is 0.0680. The number of hydrogen-bond donors (Lipinski definition) is 3. The summed E-state index contributed by atoms with van der Waals surface area (Å²) >= 11 is 0. The van der Waals surface area contributed by atoms with Gasteiger partial charge in [-0.2, -0.15) is 5.11 Å². The zero-order valence-electron chi connectivity index (χ0n) is 12.4. The molecule has 0 saturated carbocycles. The van der Waals surface area contributed by atoms with Crippen molar-refractivity contribution in [3.63, 3.8) is 0 Å². The molecule has 2 rings (SSSR count). The molecule has 0 fully saturated rings. The number of aryl methyl sites for hydroxylation is 1. The lowest BCUT2D eigenvalue weighted by Gasteiger charge is -2.08. The SMILES string of the molecule is CC(=O)Nc1cc(O)c(C)cc1N=Nc1ccccc1CO. The first-order chi connectivity index (χ1) is 10.5. The molecule has 3 N–H and O–H groups in total. The Morgan fingerprint density at radius 1 is 1.18 bits per heavy atom. The first kappa shape index (κ1) is 15.7. The van der Waals surface area contributed by atoms with Gasteiger partial charge in [-0.25, -0.2) is 0 Å². The summed E-state index contributed by atoms with van der Waals surface area (Å²) < 4.78 is 0. The number of aromatic hydroxyl groups is 1. The van der Waals surface area contributed by atoms with E-state index in [4.69, 9.17) is 0 Å². The number of hydrogen-bond acceptors (Lipinski definition) is 5. The third kappa shape index (κ3) is 3.67. The highest BCUT2D eigenvalue weighted by Gasteiger charge is 2.08. The summed E-state index contributed by atoms with van der Waals surface area (Å²) in [6.07, 6.45) is 0. The van der Waals surface area contributed by atoms with Crippen molar-refractivity contribution in [3.8, 4) is 5.75 Å². The molecule has 0 radical (unpaired) electrons. The lowest BCUT2D eigenvalue weighted by atomic mass is 10.1. The van der Waals surface area contributed by atoms with E-state index < -0.39 is 0 Å². The molecule has 2 aromatic carbocycles. The summed E-state index contributed by atoms with van der Waals surface area (Å²) in [5.74, 6) is -0.200. The van der Waals surface area contributed by atoms with E-state index >= 15 is 0 Å². The molecule has 6 heteroatoms. The molecular weight excluding hydrogens is 282 g/mol. The first-order valence-corrected chi connectivity index (χ1v) is 6.73. The van der Waals surface area contributed by atoms with Gasteiger partial charge in [-0.3, -0.25) is 4.79 Å². The number of phenolic OH excluding ortho intramolecular Hbond substituents is 1. The van der Waals surface area contributed by atoms with Crippen LogP contribution >= 0.6 is 0 Å². The second-order valence-corrected chi connectivity index (χ2v) is 4.82. The van der Waals surface area contributed by atoms with Gasteiger partial charge in [0.2, 0.25) is 5.91 Å². The van der Waals surface area contributed by atoms with Gasteiger partial charge in [-0.05, 0) is 24.6 Å². The molecule has 0 unspecified atom stereocenters. The van der Waals surface area contributed by atoms with Crippen LogP contribution in [-0.2, 0) is 11.4 Å². The quantitative estimate of drug-likeness (QED) is 0.753. The van der Waals surface area contributed by atoms with Crippen LogP contribution in [0.1, 0.15) is 18.1 Å². The average Bonchev–Trinajstić information content (AvgIpc) is 2.49. The molecule has 6 nitrogen and oxygen atoms in total. The maximum absolute atomic E-state index is 11.2. The van der Waals surface area contributed by atoms with Gasteiger partial charge in [0.25, 0.3) is 0 Å². The van der Waals surface area contributed by atoms with Crippen molar-refractivity contribution in [3.05, 3.63) is 47.5 Å². The highest BCUT2D eigenvalue weighted by atomic mass is 16.3. The van der Waals surface area contributed by atoms with Crippen molar-refractivity contribution >= 4 is 23.0 Å². The van der Waals surface area contributed by atoms with Crippen molar-refractivity contribution in [2.45, 2.75) is 20.5 Å². The second-order valence-electron chi connectivity index (χ2n) is 4.82. The Morgan fingerprint density at radius 3 is 2.55 bits per heavy atom. The monoisotopic (exact) mass is 299 g/mol. The van der Waals surface area contributed by atoms with E-state index in [2.05, 4.69) is 15.5 Å². The molecule has 0 aliphatic rings. The molecule has 0 spiro atoms. The normalized spacial score (nSPS) is 10.9. The highest BCUT2D eigenvalue weighted by Crippen LogP contribution is 2.33. The Balaban J connectivity index is 2.41. The molecule has 0 atom stereocenters. The number of rotatable bonds is 4. The number of carbonyl (C=O) groups is 1. The molecular formula is C16H17N3O3. The van der Waals surface area contributed by atoms with Gasteiger partial charge in [-0.1, -0.05) is 18.2 Å². The van der Waals surface area contributed by atoms with Crippen LogP contribution in [0.4, 0.5) is 17.1 Å². The van der Waals surface area contributed by atoms with Gasteiger partial charge in [-0.15, -0.1) is 5.11 Å². The van der Waals surface area contributed by atoms with Crippen molar-refractivity contribution in [2.24, 2.45) is 10.2 Å². The van der Waals surface area contributed by atoms with Crippen LogP contribution < -0.4 is 5.32 Å². The molecule has 0 saturated heterocycles. The summed E-state index contributed by atoms with van der Waals surface area (Å²) in [5, 5.41) is 29.9. The summed E-state index contributed by atoms with van der Waals surface area (Å²) in [4.78, 5) is 11.2. The molecule has 2 aromatic rings. The van der Waals surface area contributed by atoms with Gasteiger partial charge in [0.05, 0.1) is 18.0 Å². The van der Waals surface area contributed by atoms with Crippen LogP contribution in [-0.4, -0.2) is 16.1 Å². The maximum Gasteiger partial charge on any atom is 0.221 e. The number of nitrogens with zero attached hydrogens (tertiary/aromatic N) is 2. The number of aliphatic hydroxyl groups excluding tert-OH is 1. The van der Waals surface area contributed by atoms with Crippen LogP contribution in [0.25, 0.3) is 0 Å². The van der Waals surface area contributed by atoms with Crippen LogP contribution in [0.5, 0.6) is 5.75 Å². The maximum atomic E-state index is 11.2. The summed E-state index contributed by atoms with van der Waals surface area (Å²) in [6.45, 7) is 2.97. The van der Waals surface area contributed by atoms with Crippen LogP contribution in [0.3, 0.4) is 0 Å². The number of phenols is 1. The molecule has 114 valence electrons. The Labute approximate surface area is 128 Å². The van der Waals surface area contributed by atoms with E-state index in [9.17, 15) is 15.0 Å². The van der Waals surface area contributed by atoms with Crippen molar-refractivity contribution in [1.82, 2.24) is 0 Å². The van der Waals surface area contributed by atoms with E-state index in [0.29, 0.717) is 28.2 Å². The number of azo groups is 1. The van der Waals surface area contributed by atoms with Gasteiger partial charge in [0.15, 0.2) is 0 Å². The number of aliphatic hydroxyl groups is 1. The summed E-state index contributed by atoms with van der Waals surface area (Å²) in [6, 6.07) is 10.2.